The van der Waals surface area contributed by atoms with Gasteiger partial charge >= 0.3 is 0 Å². The van der Waals surface area contributed by atoms with Crippen LogP contribution in [0, 0.1) is 5.92 Å². The van der Waals surface area contributed by atoms with Gasteiger partial charge in [-0.25, -0.2) is 4.99 Å². The van der Waals surface area contributed by atoms with E-state index in [1.54, 1.807) is 18.2 Å². The minimum absolute atomic E-state index is 0.0756. The van der Waals surface area contributed by atoms with Gasteiger partial charge in [-0.05, 0) is 44.3 Å². The number of aliphatic imine (C=N–C) groups is 1. The van der Waals surface area contributed by atoms with Crippen molar-refractivity contribution in [1.82, 2.24) is 15.1 Å². The van der Waals surface area contributed by atoms with Crippen LogP contribution in [-0.4, -0.2) is 65.2 Å². The molecule has 0 aromatic heterocycles. The first-order valence-electron chi connectivity index (χ1n) is 8.34. The van der Waals surface area contributed by atoms with Crippen LogP contribution in [0.3, 0.4) is 0 Å². The number of amides is 2. The zero-order valence-electron chi connectivity index (χ0n) is 14.2. The maximum Gasteiger partial charge on any atom is 0.242 e. The topological polar surface area (TPSA) is 65.0 Å². The van der Waals surface area contributed by atoms with Gasteiger partial charge in [0.25, 0.3) is 0 Å². The molecule has 1 unspecified atom stereocenters. The number of carbonyl (C=O) groups is 2. The van der Waals surface area contributed by atoms with E-state index < -0.39 is 5.92 Å². The van der Waals surface area contributed by atoms with Crippen molar-refractivity contribution < 1.29 is 9.59 Å². The summed E-state index contributed by atoms with van der Waals surface area (Å²) in [5.74, 6) is -0.833. The number of nitrogens with zero attached hydrogens (tertiary/aromatic N) is 3. The molecule has 2 amide bonds. The highest BCUT2D eigenvalue weighted by Crippen LogP contribution is 2.19. The smallest absolute Gasteiger partial charge is 0.242 e. The van der Waals surface area contributed by atoms with E-state index in [0.717, 1.165) is 26.1 Å². The summed E-state index contributed by atoms with van der Waals surface area (Å²) in [5, 5.41) is 3.00. The minimum Gasteiger partial charge on any atom is -0.354 e. The van der Waals surface area contributed by atoms with Gasteiger partial charge in [0, 0.05) is 6.54 Å². The molecule has 1 heterocycles. The summed E-state index contributed by atoms with van der Waals surface area (Å²) in [6, 6.07) is 0. The molecule has 1 aliphatic heterocycles. The monoisotopic (exact) mass is 348 g/mol. The van der Waals surface area contributed by atoms with Gasteiger partial charge in [0.05, 0.1) is 11.6 Å². The number of rotatable bonds is 8. The first-order chi connectivity index (χ1) is 11.6. The van der Waals surface area contributed by atoms with E-state index in [1.807, 2.05) is 6.08 Å². The van der Waals surface area contributed by atoms with Gasteiger partial charge in [0.15, 0.2) is 0 Å². The Balaban J connectivity index is 1.82. The predicted molar refractivity (Wildman–Crippen MR) is 98.9 cm³/mol. The largest absolute Gasteiger partial charge is 0.354 e. The fraction of sp³-hybridized carbons (Fsp3) is 0.529. The molecular formula is C17H24N4O2S. The number of thiocarbonyl (C=S) groups is 1. The molecule has 0 fully saturated rings. The van der Waals surface area contributed by atoms with Crippen LogP contribution >= 0.6 is 12.2 Å². The second kappa shape index (κ2) is 8.84. The molecule has 7 heteroatoms. The Morgan fingerprint density at radius 2 is 2.12 bits per heavy atom. The van der Waals surface area contributed by atoms with Crippen molar-refractivity contribution in [3.05, 3.63) is 24.3 Å². The van der Waals surface area contributed by atoms with Crippen LogP contribution in [0.4, 0.5) is 0 Å². The number of hydrogen-bond acceptors (Lipinski definition) is 4. The Morgan fingerprint density at radius 1 is 1.38 bits per heavy atom. The molecular weight excluding hydrogens is 324 g/mol. The van der Waals surface area contributed by atoms with Crippen LogP contribution in [0.15, 0.2) is 29.3 Å². The first-order valence-corrected chi connectivity index (χ1v) is 8.75. The lowest BCUT2D eigenvalue weighted by Crippen LogP contribution is -2.50. The zero-order chi connectivity index (χ0) is 17.5. The number of fused-ring (bicyclic) bond motifs is 1. The highest BCUT2D eigenvalue weighted by atomic mass is 32.1. The molecule has 2 aliphatic rings. The van der Waals surface area contributed by atoms with E-state index in [2.05, 4.69) is 29.1 Å². The molecule has 1 aliphatic carbocycles. The van der Waals surface area contributed by atoms with Crippen molar-refractivity contribution in [3.63, 3.8) is 0 Å². The van der Waals surface area contributed by atoms with Crippen LogP contribution in [0.1, 0.15) is 20.3 Å². The van der Waals surface area contributed by atoms with Crippen LogP contribution in [-0.2, 0) is 9.59 Å². The summed E-state index contributed by atoms with van der Waals surface area (Å²) in [6.07, 6.45) is 8.06. The third-order valence-corrected chi connectivity index (χ3v) is 4.47. The van der Waals surface area contributed by atoms with Crippen molar-refractivity contribution in [3.8, 4) is 0 Å². The van der Waals surface area contributed by atoms with E-state index in [9.17, 15) is 9.59 Å². The van der Waals surface area contributed by atoms with Crippen LogP contribution in [0.2, 0.25) is 0 Å². The first kappa shape index (κ1) is 18.5. The summed E-state index contributed by atoms with van der Waals surface area (Å²) in [7, 11) is 0. The fourth-order valence-electron chi connectivity index (χ4n) is 2.70. The van der Waals surface area contributed by atoms with Crippen molar-refractivity contribution in [2.24, 2.45) is 10.9 Å². The number of allylic oxidation sites excluding steroid dienone is 3. The molecule has 0 bridgehead atoms. The lowest BCUT2D eigenvalue weighted by atomic mass is 9.95. The predicted octanol–water partition coefficient (Wildman–Crippen LogP) is 1.14. The second-order valence-electron chi connectivity index (χ2n) is 5.70. The van der Waals surface area contributed by atoms with Crippen LogP contribution in [0.5, 0.6) is 0 Å². The van der Waals surface area contributed by atoms with Gasteiger partial charge in [-0.15, -0.1) is 0 Å². The molecule has 1 N–H and O–H groups in total. The molecule has 0 aromatic carbocycles. The molecule has 0 spiro atoms. The van der Waals surface area contributed by atoms with E-state index in [4.69, 9.17) is 12.2 Å². The lowest BCUT2D eigenvalue weighted by Gasteiger charge is -2.29. The normalized spacial score (nSPS) is 19.5. The Hall–Kier alpha value is -1.86. The van der Waals surface area contributed by atoms with Crippen LogP contribution in [0.25, 0.3) is 0 Å². The second-order valence-corrected chi connectivity index (χ2v) is 6.06. The summed E-state index contributed by atoms with van der Waals surface area (Å²) in [4.78, 5) is 32.4. The number of nitrogens with one attached hydrogen (secondary N) is 1. The van der Waals surface area contributed by atoms with Gasteiger partial charge < -0.3 is 10.2 Å². The third-order valence-electron chi connectivity index (χ3n) is 4.16. The van der Waals surface area contributed by atoms with Crippen molar-refractivity contribution in [2.75, 3.05) is 32.7 Å². The summed E-state index contributed by atoms with van der Waals surface area (Å²) in [5.41, 5.74) is 0.642. The third kappa shape index (κ3) is 4.58. The fourth-order valence-corrected chi connectivity index (χ4v) is 2.96. The van der Waals surface area contributed by atoms with E-state index in [0.29, 0.717) is 12.3 Å². The Kier molecular flexibility index (Phi) is 6.81. The Bertz CT molecular complexity index is 593. The Morgan fingerprint density at radius 3 is 2.83 bits per heavy atom. The highest BCUT2D eigenvalue weighted by Gasteiger charge is 2.34. The van der Waals surface area contributed by atoms with Gasteiger partial charge in [-0.1, -0.05) is 32.1 Å². The minimum atomic E-state index is -0.433. The van der Waals surface area contributed by atoms with Gasteiger partial charge in [0.1, 0.15) is 6.54 Å². The van der Waals surface area contributed by atoms with E-state index in [-0.39, 0.29) is 23.5 Å². The molecule has 2 rings (SSSR count). The molecule has 1 atom stereocenters. The molecule has 0 radical (unpaired) electrons. The van der Waals surface area contributed by atoms with E-state index in [1.165, 1.54) is 4.90 Å². The summed E-state index contributed by atoms with van der Waals surface area (Å²) in [6.45, 7) is 7.71. The van der Waals surface area contributed by atoms with Crippen molar-refractivity contribution in [1.29, 1.82) is 0 Å². The standard InChI is InChI=1S/C17H24N4O2S/c1-3-20(4-2)11-7-10-18-15(22)12-21-16(23)13-8-5-6-9-14(13)19-17(21)24/h5-6,8-9,13H,3-4,7,10-12H2,1-2H3,(H,18,22). The molecule has 0 aromatic rings. The maximum atomic E-state index is 12.5. The van der Waals surface area contributed by atoms with Gasteiger partial charge in [-0.3, -0.25) is 14.5 Å². The molecule has 0 saturated carbocycles. The molecule has 24 heavy (non-hydrogen) atoms. The van der Waals surface area contributed by atoms with Crippen molar-refractivity contribution in [2.45, 2.75) is 20.3 Å². The average Bonchev–Trinajstić information content (AvgIpc) is 2.59. The van der Waals surface area contributed by atoms with Gasteiger partial charge in [0.2, 0.25) is 16.9 Å². The number of carbonyl (C=O) groups excluding carboxylic acids is 2. The average molecular weight is 348 g/mol. The maximum absolute atomic E-state index is 12.5. The summed E-state index contributed by atoms with van der Waals surface area (Å²) >= 11 is 5.16. The molecule has 130 valence electrons. The lowest BCUT2D eigenvalue weighted by molar-refractivity contribution is -0.133. The molecule has 6 nitrogen and oxygen atoms in total. The quantitative estimate of drug-likeness (QED) is 0.528. The number of hydrogen-bond donors (Lipinski definition) is 1. The Labute approximate surface area is 148 Å². The van der Waals surface area contributed by atoms with Crippen molar-refractivity contribution >= 4 is 34.9 Å². The summed E-state index contributed by atoms with van der Waals surface area (Å²) < 4.78 is 0. The zero-order valence-corrected chi connectivity index (χ0v) is 15.0. The molecule has 0 saturated heterocycles. The van der Waals surface area contributed by atoms with Crippen LogP contribution < -0.4 is 5.32 Å². The van der Waals surface area contributed by atoms with Gasteiger partial charge in [-0.2, -0.15) is 0 Å². The SMILES string of the molecule is CCN(CC)CCCNC(=O)CN1C(=O)C2C=CC=CC2=NC1=S. The highest BCUT2D eigenvalue weighted by molar-refractivity contribution is 7.80. The van der Waals surface area contributed by atoms with E-state index >= 15 is 0 Å².